The maximum Gasteiger partial charge on any atom is 0.266 e. The molecule has 0 amide bonds. The van der Waals surface area contributed by atoms with E-state index in [9.17, 15) is 12.8 Å². The fraction of sp³-hybridized carbons (Fsp3) is 0.200. The molecule has 3 rings (SSSR count). The summed E-state index contributed by atoms with van der Waals surface area (Å²) in [5.41, 5.74) is 0.384. The van der Waals surface area contributed by atoms with Crippen LogP contribution in [0.15, 0.2) is 29.3 Å². The number of rotatable bonds is 6. The number of nitrogens with two attached hydrogens (primary N) is 1. The van der Waals surface area contributed by atoms with Gasteiger partial charge in [0.05, 0.1) is 19.7 Å². The van der Waals surface area contributed by atoms with Gasteiger partial charge < -0.3 is 14.2 Å². The molecule has 0 atom stereocenters. The summed E-state index contributed by atoms with van der Waals surface area (Å²) in [6, 6.07) is 4.58. The normalized spacial score (nSPS) is 11.6. The van der Waals surface area contributed by atoms with Crippen LogP contribution < -0.4 is 19.3 Å². The summed E-state index contributed by atoms with van der Waals surface area (Å²) in [5, 5.41) is 5.99. The lowest BCUT2D eigenvalue weighted by molar-refractivity contribution is 0.173. The smallest absolute Gasteiger partial charge is 0.266 e. The Labute approximate surface area is 158 Å². The molecule has 2 heterocycles. The molecule has 0 saturated heterocycles. The molecule has 0 saturated carbocycles. The van der Waals surface area contributed by atoms with E-state index < -0.39 is 16.9 Å². The third-order valence-electron chi connectivity index (χ3n) is 3.63. The van der Waals surface area contributed by atoms with E-state index >= 15 is 0 Å². The maximum absolute atomic E-state index is 12.6. The van der Waals surface area contributed by atoms with E-state index in [4.69, 9.17) is 31.0 Å². The van der Waals surface area contributed by atoms with Gasteiger partial charge in [0.15, 0.2) is 0 Å². The summed E-state index contributed by atoms with van der Waals surface area (Å²) < 4.78 is 52.9. The maximum atomic E-state index is 12.6. The topological polar surface area (TPSA) is 119 Å². The van der Waals surface area contributed by atoms with Crippen LogP contribution in [0.3, 0.4) is 0 Å². The van der Waals surface area contributed by atoms with Crippen molar-refractivity contribution in [3.8, 4) is 23.5 Å². The fourth-order valence-corrected chi connectivity index (χ4v) is 3.42. The van der Waals surface area contributed by atoms with Crippen LogP contribution in [0.4, 0.5) is 4.39 Å². The Hall–Kier alpha value is -2.63. The highest BCUT2D eigenvalue weighted by Crippen LogP contribution is 2.36. The quantitative estimate of drug-likeness (QED) is 0.653. The molecule has 9 nitrogen and oxygen atoms in total. The van der Waals surface area contributed by atoms with Crippen LogP contribution >= 0.6 is 11.6 Å². The Bertz CT molecular complexity index is 1090. The molecule has 2 N–H and O–H groups in total. The third kappa shape index (κ3) is 3.48. The number of primary sulfonamides is 1. The van der Waals surface area contributed by atoms with Crippen molar-refractivity contribution in [3.05, 3.63) is 29.4 Å². The second kappa shape index (κ2) is 7.18. The number of halogens is 2. The molecule has 0 bridgehead atoms. The van der Waals surface area contributed by atoms with Gasteiger partial charge in [0.25, 0.3) is 11.8 Å². The lowest BCUT2D eigenvalue weighted by Crippen LogP contribution is -2.11. The van der Waals surface area contributed by atoms with E-state index in [1.54, 1.807) is 0 Å². The zero-order valence-corrected chi connectivity index (χ0v) is 15.7. The van der Waals surface area contributed by atoms with Gasteiger partial charge in [-0.05, 0) is 18.2 Å². The minimum Gasteiger partial charge on any atom is -0.478 e. The Balaban J connectivity index is 2.34. The van der Waals surface area contributed by atoms with E-state index in [-0.39, 0.29) is 28.4 Å². The summed E-state index contributed by atoms with van der Waals surface area (Å²) in [6.07, 6.45) is 1.25. The Kier molecular flexibility index (Phi) is 5.09. The van der Waals surface area contributed by atoms with E-state index in [0.717, 1.165) is 0 Å². The number of aromatic nitrogens is 3. The molecule has 12 heteroatoms. The number of sulfonamides is 1. The van der Waals surface area contributed by atoms with Crippen molar-refractivity contribution >= 4 is 32.5 Å². The van der Waals surface area contributed by atoms with Crippen LogP contribution in [0.5, 0.6) is 17.5 Å². The van der Waals surface area contributed by atoms with Crippen molar-refractivity contribution in [3.63, 3.8) is 0 Å². The second-order valence-electron chi connectivity index (χ2n) is 5.19. The van der Waals surface area contributed by atoms with Gasteiger partial charge in [-0.25, -0.2) is 17.9 Å². The predicted molar refractivity (Wildman–Crippen MR) is 95.0 cm³/mol. The number of alkyl halides is 1. The van der Waals surface area contributed by atoms with Gasteiger partial charge in [0.2, 0.25) is 28.6 Å². The standard InChI is InChI=1S/C15H14ClFN4O5S/c1-24-13-12(26-7-17)14(25-2)20-15(19-13)21-6-11(27(18,22)23)9-4-3-8(16)5-10(9)21/h3-6H,7H2,1-2H3,(H2,18,22,23). The zero-order chi connectivity index (χ0) is 19.8. The largest absolute Gasteiger partial charge is 0.478 e. The summed E-state index contributed by atoms with van der Waals surface area (Å²) in [6.45, 7) is -1.15. The average molecular weight is 417 g/mol. The van der Waals surface area contributed by atoms with Crippen molar-refractivity contribution in [2.24, 2.45) is 5.14 Å². The number of fused-ring (bicyclic) bond motifs is 1. The summed E-state index contributed by atoms with van der Waals surface area (Å²) in [7, 11) is -1.43. The van der Waals surface area contributed by atoms with Gasteiger partial charge in [-0.3, -0.25) is 4.57 Å². The average Bonchev–Trinajstić information content (AvgIpc) is 3.01. The molecule has 0 spiro atoms. The van der Waals surface area contributed by atoms with Gasteiger partial charge >= 0.3 is 0 Å². The minimum atomic E-state index is -4.03. The van der Waals surface area contributed by atoms with Crippen LogP contribution in [-0.4, -0.2) is 44.0 Å². The van der Waals surface area contributed by atoms with Crippen molar-refractivity contribution in [2.75, 3.05) is 21.1 Å². The number of methoxy groups -OCH3 is 2. The first kappa shape index (κ1) is 19.1. The van der Waals surface area contributed by atoms with Crippen LogP contribution in [0.25, 0.3) is 16.9 Å². The van der Waals surface area contributed by atoms with E-state index in [0.29, 0.717) is 15.9 Å². The highest BCUT2D eigenvalue weighted by molar-refractivity contribution is 7.89. The van der Waals surface area contributed by atoms with Crippen molar-refractivity contribution < 1.29 is 27.0 Å². The molecule has 2 aromatic heterocycles. The van der Waals surface area contributed by atoms with Crippen molar-refractivity contribution in [1.82, 2.24) is 14.5 Å². The molecule has 0 fully saturated rings. The molecule has 0 unspecified atom stereocenters. The first-order chi connectivity index (χ1) is 12.8. The molecular formula is C15H14ClFN4O5S. The number of hydrogen-bond donors (Lipinski definition) is 1. The minimum absolute atomic E-state index is 0.0166. The number of ether oxygens (including phenoxy) is 3. The summed E-state index contributed by atoms with van der Waals surface area (Å²) in [5.74, 6) is -0.351. The molecule has 27 heavy (non-hydrogen) atoms. The lowest BCUT2D eigenvalue weighted by atomic mass is 10.2. The van der Waals surface area contributed by atoms with E-state index in [1.807, 2.05) is 0 Å². The molecule has 0 aliphatic carbocycles. The van der Waals surface area contributed by atoms with E-state index in [2.05, 4.69) is 9.97 Å². The van der Waals surface area contributed by atoms with Gasteiger partial charge in [-0.1, -0.05) is 11.6 Å². The summed E-state index contributed by atoms with van der Waals surface area (Å²) >= 11 is 6.04. The first-order valence-electron chi connectivity index (χ1n) is 7.32. The van der Waals surface area contributed by atoms with E-state index in [1.165, 1.54) is 43.2 Å². The molecule has 1 aromatic carbocycles. The van der Waals surface area contributed by atoms with Crippen LogP contribution in [0, 0.1) is 0 Å². The third-order valence-corrected chi connectivity index (χ3v) is 4.80. The predicted octanol–water partition coefficient (Wildman–Crippen LogP) is 2.04. The van der Waals surface area contributed by atoms with Gasteiger partial charge in [0, 0.05) is 16.6 Å². The van der Waals surface area contributed by atoms with Crippen LogP contribution in [-0.2, 0) is 10.0 Å². The Morgan fingerprint density at radius 2 is 1.85 bits per heavy atom. The summed E-state index contributed by atoms with van der Waals surface area (Å²) in [4.78, 5) is 8.15. The van der Waals surface area contributed by atoms with Crippen LogP contribution in [0.2, 0.25) is 5.02 Å². The molecule has 3 aromatic rings. The van der Waals surface area contributed by atoms with Gasteiger partial charge in [-0.15, -0.1) is 0 Å². The Morgan fingerprint density at radius 3 is 2.37 bits per heavy atom. The van der Waals surface area contributed by atoms with Gasteiger partial charge in [-0.2, -0.15) is 9.97 Å². The fourth-order valence-electron chi connectivity index (χ4n) is 2.52. The Morgan fingerprint density at radius 1 is 1.22 bits per heavy atom. The van der Waals surface area contributed by atoms with Crippen molar-refractivity contribution in [1.29, 1.82) is 0 Å². The number of nitrogens with zero attached hydrogens (tertiary/aromatic N) is 3. The molecule has 0 aliphatic heterocycles. The lowest BCUT2D eigenvalue weighted by Gasteiger charge is -2.13. The number of hydrogen-bond acceptors (Lipinski definition) is 7. The van der Waals surface area contributed by atoms with Gasteiger partial charge in [0.1, 0.15) is 4.90 Å². The number of benzene rings is 1. The molecular weight excluding hydrogens is 403 g/mol. The zero-order valence-electron chi connectivity index (χ0n) is 14.1. The first-order valence-corrected chi connectivity index (χ1v) is 9.25. The second-order valence-corrected chi connectivity index (χ2v) is 7.16. The molecule has 0 aliphatic rings. The highest BCUT2D eigenvalue weighted by Gasteiger charge is 2.23. The highest BCUT2D eigenvalue weighted by atomic mass is 35.5. The molecule has 144 valence electrons. The monoisotopic (exact) mass is 416 g/mol. The molecule has 0 radical (unpaired) electrons. The van der Waals surface area contributed by atoms with Crippen LogP contribution in [0.1, 0.15) is 0 Å². The SMILES string of the molecule is COc1nc(-n2cc(S(N)(=O)=O)c3ccc(Cl)cc32)nc(OC)c1OCF. The van der Waals surface area contributed by atoms with Crippen molar-refractivity contribution in [2.45, 2.75) is 4.90 Å².